The molecule has 0 spiro atoms. The van der Waals surface area contributed by atoms with Crippen molar-refractivity contribution in [2.75, 3.05) is 13.7 Å². The van der Waals surface area contributed by atoms with Crippen molar-refractivity contribution in [3.8, 4) is 17.7 Å². The maximum absolute atomic E-state index is 5.12. The van der Waals surface area contributed by atoms with E-state index in [-0.39, 0.29) is 0 Å². The van der Waals surface area contributed by atoms with Gasteiger partial charge in [-0.2, -0.15) is 0 Å². The minimum absolute atomic E-state index is 0.671. The Morgan fingerprint density at radius 3 is 3.14 bits per heavy atom. The number of hydrogen-bond acceptors (Lipinski definition) is 3. The SMILES string of the molecule is CC#CCNCc1cccnc1OC. The van der Waals surface area contributed by atoms with Crippen molar-refractivity contribution in [3.63, 3.8) is 0 Å². The molecule has 0 saturated heterocycles. The van der Waals surface area contributed by atoms with E-state index in [9.17, 15) is 0 Å². The second kappa shape index (κ2) is 6.01. The van der Waals surface area contributed by atoms with Crippen molar-refractivity contribution in [1.82, 2.24) is 10.3 Å². The van der Waals surface area contributed by atoms with Crippen LogP contribution in [0.1, 0.15) is 12.5 Å². The lowest BCUT2D eigenvalue weighted by atomic mass is 10.2. The first-order valence-corrected chi connectivity index (χ1v) is 4.46. The fourth-order valence-corrected chi connectivity index (χ4v) is 1.09. The molecule has 1 heterocycles. The topological polar surface area (TPSA) is 34.2 Å². The average molecular weight is 190 g/mol. The first-order chi connectivity index (χ1) is 6.88. The van der Waals surface area contributed by atoms with Crippen LogP contribution in [-0.4, -0.2) is 18.6 Å². The molecule has 1 aromatic heterocycles. The normalized spacial score (nSPS) is 9.00. The van der Waals surface area contributed by atoms with E-state index in [1.165, 1.54) is 0 Å². The fourth-order valence-electron chi connectivity index (χ4n) is 1.09. The summed E-state index contributed by atoms with van der Waals surface area (Å²) in [5, 5.41) is 3.18. The lowest BCUT2D eigenvalue weighted by molar-refractivity contribution is 0.391. The van der Waals surface area contributed by atoms with Crippen LogP contribution in [0.15, 0.2) is 18.3 Å². The van der Waals surface area contributed by atoms with Crippen LogP contribution in [-0.2, 0) is 6.54 Å². The van der Waals surface area contributed by atoms with Gasteiger partial charge in [-0.05, 0) is 13.0 Å². The van der Waals surface area contributed by atoms with Crippen LogP contribution < -0.4 is 10.1 Å². The molecule has 0 unspecified atom stereocenters. The molecule has 0 fully saturated rings. The van der Waals surface area contributed by atoms with Gasteiger partial charge in [-0.1, -0.05) is 12.0 Å². The third kappa shape index (κ3) is 3.08. The highest BCUT2D eigenvalue weighted by molar-refractivity contribution is 5.25. The molecule has 0 atom stereocenters. The van der Waals surface area contributed by atoms with E-state index >= 15 is 0 Å². The molecule has 0 aliphatic rings. The minimum Gasteiger partial charge on any atom is -0.481 e. The van der Waals surface area contributed by atoms with E-state index < -0.39 is 0 Å². The van der Waals surface area contributed by atoms with Crippen LogP contribution in [0.2, 0.25) is 0 Å². The molecule has 0 aliphatic heterocycles. The summed E-state index contributed by atoms with van der Waals surface area (Å²) in [5.41, 5.74) is 1.05. The van der Waals surface area contributed by atoms with E-state index in [2.05, 4.69) is 22.1 Å². The van der Waals surface area contributed by atoms with Crippen molar-refractivity contribution >= 4 is 0 Å². The summed E-state index contributed by atoms with van der Waals surface area (Å²) in [7, 11) is 1.62. The summed E-state index contributed by atoms with van der Waals surface area (Å²) in [6, 6.07) is 3.88. The molecule has 0 aliphatic carbocycles. The average Bonchev–Trinajstić information content (AvgIpc) is 2.25. The molecule has 0 saturated carbocycles. The van der Waals surface area contributed by atoms with Gasteiger partial charge in [-0.15, -0.1) is 5.92 Å². The summed E-state index contributed by atoms with van der Waals surface area (Å²) in [6.45, 7) is 3.24. The van der Waals surface area contributed by atoms with Gasteiger partial charge in [0.15, 0.2) is 0 Å². The molecule has 1 aromatic rings. The Morgan fingerprint density at radius 1 is 1.57 bits per heavy atom. The Kier molecular flexibility index (Phi) is 4.53. The van der Waals surface area contributed by atoms with E-state index in [1.54, 1.807) is 13.3 Å². The second-order valence-corrected chi connectivity index (χ2v) is 2.70. The number of hydrogen-bond donors (Lipinski definition) is 1. The first kappa shape index (κ1) is 10.6. The lowest BCUT2D eigenvalue weighted by Crippen LogP contribution is -2.14. The summed E-state index contributed by atoms with van der Waals surface area (Å²) < 4.78 is 5.12. The predicted molar refractivity (Wildman–Crippen MR) is 55.9 cm³/mol. The second-order valence-electron chi connectivity index (χ2n) is 2.70. The fraction of sp³-hybridized carbons (Fsp3) is 0.364. The van der Waals surface area contributed by atoms with Gasteiger partial charge in [-0.25, -0.2) is 4.98 Å². The monoisotopic (exact) mass is 190 g/mol. The van der Waals surface area contributed by atoms with Crippen LogP contribution in [0.3, 0.4) is 0 Å². The van der Waals surface area contributed by atoms with Gasteiger partial charge >= 0.3 is 0 Å². The molecular weight excluding hydrogens is 176 g/mol. The summed E-state index contributed by atoms with van der Waals surface area (Å²) >= 11 is 0. The zero-order valence-electron chi connectivity index (χ0n) is 8.50. The number of nitrogens with one attached hydrogen (secondary N) is 1. The molecule has 1 N–H and O–H groups in total. The summed E-state index contributed by atoms with van der Waals surface area (Å²) in [4.78, 5) is 4.10. The Bertz CT molecular complexity index is 339. The highest BCUT2D eigenvalue weighted by Crippen LogP contribution is 2.12. The molecule has 3 heteroatoms. The zero-order chi connectivity index (χ0) is 10.2. The molecule has 0 aromatic carbocycles. The first-order valence-electron chi connectivity index (χ1n) is 4.46. The van der Waals surface area contributed by atoms with E-state index in [1.807, 2.05) is 19.1 Å². The lowest BCUT2D eigenvalue weighted by Gasteiger charge is -2.05. The number of methoxy groups -OCH3 is 1. The Morgan fingerprint density at radius 2 is 2.43 bits per heavy atom. The van der Waals surface area contributed by atoms with E-state index in [0.29, 0.717) is 12.4 Å². The van der Waals surface area contributed by atoms with Gasteiger partial charge < -0.3 is 10.1 Å². The smallest absolute Gasteiger partial charge is 0.217 e. The minimum atomic E-state index is 0.671. The molecule has 1 rings (SSSR count). The number of rotatable bonds is 4. The molecule has 3 nitrogen and oxygen atoms in total. The number of pyridine rings is 1. The standard InChI is InChI=1S/C11H14N2O/c1-3-4-7-12-9-10-6-5-8-13-11(10)14-2/h5-6,8,12H,7,9H2,1-2H3. The number of nitrogens with zero attached hydrogens (tertiary/aromatic N) is 1. The zero-order valence-corrected chi connectivity index (χ0v) is 8.50. The largest absolute Gasteiger partial charge is 0.481 e. The van der Waals surface area contributed by atoms with Crippen LogP contribution >= 0.6 is 0 Å². The van der Waals surface area contributed by atoms with Crippen molar-refractivity contribution in [1.29, 1.82) is 0 Å². The Hall–Kier alpha value is -1.53. The maximum atomic E-state index is 5.12. The van der Waals surface area contributed by atoms with Gasteiger partial charge in [0.1, 0.15) is 0 Å². The summed E-state index contributed by atoms with van der Waals surface area (Å²) in [6.07, 6.45) is 1.72. The van der Waals surface area contributed by atoms with Gasteiger partial charge in [0, 0.05) is 18.3 Å². The maximum Gasteiger partial charge on any atom is 0.217 e. The molecule has 0 amide bonds. The molecule has 74 valence electrons. The van der Waals surface area contributed by atoms with E-state index in [4.69, 9.17) is 4.74 Å². The third-order valence-corrected chi connectivity index (χ3v) is 1.75. The predicted octanol–water partition coefficient (Wildman–Crippen LogP) is 1.20. The Balaban J connectivity index is 2.51. The molecular formula is C11H14N2O. The molecule has 0 bridgehead atoms. The van der Waals surface area contributed by atoms with Crippen molar-refractivity contribution in [2.45, 2.75) is 13.5 Å². The molecule has 0 radical (unpaired) electrons. The van der Waals surface area contributed by atoms with Gasteiger partial charge in [0.2, 0.25) is 5.88 Å². The van der Waals surface area contributed by atoms with Gasteiger partial charge in [0.25, 0.3) is 0 Å². The third-order valence-electron chi connectivity index (χ3n) is 1.75. The van der Waals surface area contributed by atoms with Crippen molar-refractivity contribution < 1.29 is 4.74 Å². The number of ether oxygens (including phenoxy) is 1. The van der Waals surface area contributed by atoms with Gasteiger partial charge in [-0.3, -0.25) is 0 Å². The highest BCUT2D eigenvalue weighted by atomic mass is 16.5. The van der Waals surface area contributed by atoms with Crippen LogP contribution in [0.5, 0.6) is 5.88 Å². The van der Waals surface area contributed by atoms with E-state index in [0.717, 1.165) is 12.1 Å². The van der Waals surface area contributed by atoms with Crippen molar-refractivity contribution in [3.05, 3.63) is 23.9 Å². The van der Waals surface area contributed by atoms with Gasteiger partial charge in [0.05, 0.1) is 13.7 Å². The van der Waals surface area contributed by atoms with Crippen LogP contribution in [0.4, 0.5) is 0 Å². The Labute approximate surface area is 84.5 Å². The summed E-state index contributed by atoms with van der Waals surface area (Å²) in [5.74, 6) is 6.43. The van der Waals surface area contributed by atoms with Crippen LogP contribution in [0, 0.1) is 11.8 Å². The molecule has 14 heavy (non-hydrogen) atoms. The quantitative estimate of drug-likeness (QED) is 0.572. The number of aromatic nitrogens is 1. The highest BCUT2D eigenvalue weighted by Gasteiger charge is 2.00. The van der Waals surface area contributed by atoms with Crippen LogP contribution in [0.25, 0.3) is 0 Å². The van der Waals surface area contributed by atoms with Crippen molar-refractivity contribution in [2.24, 2.45) is 0 Å².